The van der Waals surface area contributed by atoms with Gasteiger partial charge in [-0.1, -0.05) is 12.6 Å². The number of carbonyl (C=O) groups is 1. The molecule has 136 valence electrons. The van der Waals surface area contributed by atoms with Gasteiger partial charge in [0, 0.05) is 42.4 Å². The molecule has 2 heterocycles. The van der Waals surface area contributed by atoms with Crippen LogP contribution in [0, 0.1) is 6.92 Å². The van der Waals surface area contributed by atoms with E-state index in [9.17, 15) is 4.79 Å². The predicted octanol–water partition coefficient (Wildman–Crippen LogP) is 3.24. The molecule has 7 heteroatoms. The van der Waals surface area contributed by atoms with Crippen molar-refractivity contribution in [3.63, 3.8) is 0 Å². The second kappa shape index (κ2) is 8.44. The summed E-state index contributed by atoms with van der Waals surface area (Å²) in [6.45, 7) is 6.93. The number of rotatable bonds is 6. The minimum Gasteiger partial charge on any atom is -0.381 e. The van der Waals surface area contributed by atoms with Crippen LogP contribution in [0.25, 0.3) is 0 Å². The van der Waals surface area contributed by atoms with Crippen LogP contribution in [0.15, 0.2) is 43.1 Å². The van der Waals surface area contributed by atoms with Crippen molar-refractivity contribution in [1.82, 2.24) is 9.97 Å². The van der Waals surface area contributed by atoms with Gasteiger partial charge in [0.15, 0.2) is 0 Å². The lowest BCUT2D eigenvalue weighted by molar-refractivity contribution is -0.111. The molecule has 0 atom stereocenters. The van der Waals surface area contributed by atoms with E-state index in [1.165, 1.54) is 6.08 Å². The number of amides is 1. The van der Waals surface area contributed by atoms with Crippen molar-refractivity contribution in [2.75, 3.05) is 29.2 Å². The largest absolute Gasteiger partial charge is 0.381 e. The number of hydrogen-bond acceptors (Lipinski definition) is 6. The molecule has 0 spiro atoms. The van der Waals surface area contributed by atoms with Crippen LogP contribution in [0.2, 0.25) is 0 Å². The van der Waals surface area contributed by atoms with Gasteiger partial charge in [-0.05, 0) is 44.0 Å². The Morgan fingerprint density at radius 1 is 1.31 bits per heavy atom. The second-order valence-electron chi connectivity index (χ2n) is 6.16. The summed E-state index contributed by atoms with van der Waals surface area (Å²) in [5.74, 6) is 1.08. The number of anilines is 4. The fourth-order valence-corrected chi connectivity index (χ4v) is 2.67. The van der Waals surface area contributed by atoms with Crippen molar-refractivity contribution in [3.8, 4) is 0 Å². The first kappa shape index (κ1) is 17.9. The van der Waals surface area contributed by atoms with Crippen molar-refractivity contribution in [2.45, 2.75) is 25.8 Å². The van der Waals surface area contributed by atoms with Crippen LogP contribution in [-0.4, -0.2) is 35.1 Å². The van der Waals surface area contributed by atoms with Crippen LogP contribution in [0.4, 0.5) is 23.1 Å². The Hall–Kier alpha value is -2.93. The van der Waals surface area contributed by atoms with Gasteiger partial charge in [-0.25, -0.2) is 4.98 Å². The summed E-state index contributed by atoms with van der Waals surface area (Å²) in [5.41, 5.74) is 2.45. The first-order chi connectivity index (χ1) is 12.6. The molecular weight excluding hydrogens is 330 g/mol. The standard InChI is InChI=1S/C19H23N5O2/c1-3-17(25)21-15-5-4-6-16(11-15)22-18-13(2)12-20-19(24-18)23-14-7-9-26-10-8-14/h3-6,11-12,14H,1,7-10H2,2H3,(H,21,25)(H2,20,22,23,24). The van der Waals surface area contributed by atoms with Crippen molar-refractivity contribution in [2.24, 2.45) is 0 Å². The van der Waals surface area contributed by atoms with E-state index >= 15 is 0 Å². The highest BCUT2D eigenvalue weighted by molar-refractivity contribution is 5.99. The van der Waals surface area contributed by atoms with Gasteiger partial charge in [-0.2, -0.15) is 4.98 Å². The molecule has 1 aliphatic rings. The number of benzene rings is 1. The van der Waals surface area contributed by atoms with Crippen LogP contribution in [0.3, 0.4) is 0 Å². The molecule has 1 aromatic carbocycles. The van der Waals surface area contributed by atoms with Crippen LogP contribution < -0.4 is 16.0 Å². The molecule has 0 saturated carbocycles. The number of ether oxygens (including phenoxy) is 1. The number of aromatic nitrogens is 2. The van der Waals surface area contributed by atoms with E-state index in [0.717, 1.165) is 43.1 Å². The molecular formula is C19H23N5O2. The molecule has 0 radical (unpaired) electrons. The van der Waals surface area contributed by atoms with Crippen molar-refractivity contribution >= 4 is 29.0 Å². The first-order valence-corrected chi connectivity index (χ1v) is 8.62. The van der Waals surface area contributed by atoms with E-state index in [1.54, 1.807) is 6.20 Å². The maximum absolute atomic E-state index is 11.5. The molecule has 1 fully saturated rings. The lowest BCUT2D eigenvalue weighted by Gasteiger charge is -2.23. The number of aryl methyl sites for hydroxylation is 1. The highest BCUT2D eigenvalue weighted by atomic mass is 16.5. The summed E-state index contributed by atoms with van der Waals surface area (Å²) in [6.07, 6.45) is 4.93. The molecule has 1 aliphatic heterocycles. The molecule has 3 rings (SSSR count). The third-order valence-electron chi connectivity index (χ3n) is 4.10. The first-order valence-electron chi connectivity index (χ1n) is 8.62. The maximum atomic E-state index is 11.5. The molecule has 0 aliphatic carbocycles. The number of nitrogens with one attached hydrogen (secondary N) is 3. The van der Waals surface area contributed by atoms with Crippen LogP contribution in [-0.2, 0) is 9.53 Å². The lowest BCUT2D eigenvalue weighted by atomic mass is 10.1. The summed E-state index contributed by atoms with van der Waals surface area (Å²) in [4.78, 5) is 20.4. The van der Waals surface area contributed by atoms with Gasteiger partial charge >= 0.3 is 0 Å². The van der Waals surface area contributed by atoms with Gasteiger partial charge in [0.05, 0.1) is 0 Å². The summed E-state index contributed by atoms with van der Waals surface area (Å²) in [6, 6.07) is 7.76. The van der Waals surface area contributed by atoms with Crippen LogP contribution >= 0.6 is 0 Å². The average molecular weight is 353 g/mol. The lowest BCUT2D eigenvalue weighted by Crippen LogP contribution is -2.28. The fraction of sp³-hybridized carbons (Fsp3) is 0.316. The third-order valence-corrected chi connectivity index (χ3v) is 4.10. The SMILES string of the molecule is C=CC(=O)Nc1cccc(Nc2nc(NC3CCOCC3)ncc2C)c1. The van der Waals surface area contributed by atoms with Crippen molar-refractivity contribution in [3.05, 3.63) is 48.7 Å². The maximum Gasteiger partial charge on any atom is 0.247 e. The molecule has 0 unspecified atom stereocenters. The zero-order valence-corrected chi connectivity index (χ0v) is 14.8. The third kappa shape index (κ3) is 4.80. The van der Waals surface area contributed by atoms with Gasteiger partial charge in [0.1, 0.15) is 5.82 Å². The zero-order valence-electron chi connectivity index (χ0n) is 14.8. The predicted molar refractivity (Wildman–Crippen MR) is 103 cm³/mol. The smallest absolute Gasteiger partial charge is 0.247 e. The Bertz CT molecular complexity index is 787. The second-order valence-corrected chi connectivity index (χ2v) is 6.16. The molecule has 7 nitrogen and oxygen atoms in total. The molecule has 3 N–H and O–H groups in total. The van der Waals surface area contributed by atoms with E-state index in [4.69, 9.17) is 4.74 Å². The Balaban J connectivity index is 1.72. The topological polar surface area (TPSA) is 88.2 Å². The van der Waals surface area contributed by atoms with Gasteiger partial charge < -0.3 is 20.7 Å². The molecule has 2 aromatic rings. The van der Waals surface area contributed by atoms with Crippen molar-refractivity contribution < 1.29 is 9.53 Å². The van der Waals surface area contributed by atoms with Crippen molar-refractivity contribution in [1.29, 1.82) is 0 Å². The minimum absolute atomic E-state index is 0.247. The summed E-state index contributed by atoms with van der Waals surface area (Å²) in [5, 5.41) is 9.40. The Labute approximate surface area is 152 Å². The molecule has 1 saturated heterocycles. The number of hydrogen-bond donors (Lipinski definition) is 3. The number of carbonyl (C=O) groups excluding carboxylic acids is 1. The van der Waals surface area contributed by atoms with E-state index in [2.05, 4.69) is 32.5 Å². The Morgan fingerprint density at radius 2 is 2.08 bits per heavy atom. The molecule has 0 bridgehead atoms. The van der Waals surface area contributed by atoms with Gasteiger partial charge in [0.2, 0.25) is 11.9 Å². The summed E-state index contributed by atoms with van der Waals surface area (Å²) < 4.78 is 5.38. The minimum atomic E-state index is -0.247. The van der Waals surface area contributed by atoms with E-state index in [1.807, 2.05) is 31.2 Å². The Kier molecular flexibility index (Phi) is 5.80. The van der Waals surface area contributed by atoms with Gasteiger partial charge in [-0.3, -0.25) is 4.79 Å². The average Bonchev–Trinajstić information content (AvgIpc) is 2.65. The normalized spacial score (nSPS) is 14.5. The van der Waals surface area contributed by atoms with Crippen LogP contribution in [0.5, 0.6) is 0 Å². The monoisotopic (exact) mass is 353 g/mol. The quantitative estimate of drug-likeness (QED) is 0.691. The zero-order chi connectivity index (χ0) is 18.4. The summed E-state index contributed by atoms with van der Waals surface area (Å²) >= 11 is 0. The Morgan fingerprint density at radius 3 is 2.85 bits per heavy atom. The highest BCUT2D eigenvalue weighted by Gasteiger charge is 2.15. The van der Waals surface area contributed by atoms with Gasteiger partial charge in [-0.15, -0.1) is 0 Å². The fourth-order valence-electron chi connectivity index (χ4n) is 2.67. The number of nitrogens with zero attached hydrogens (tertiary/aromatic N) is 2. The van der Waals surface area contributed by atoms with E-state index in [-0.39, 0.29) is 5.91 Å². The van der Waals surface area contributed by atoms with Crippen LogP contribution in [0.1, 0.15) is 18.4 Å². The van der Waals surface area contributed by atoms with E-state index in [0.29, 0.717) is 17.7 Å². The molecule has 1 aromatic heterocycles. The molecule has 26 heavy (non-hydrogen) atoms. The summed E-state index contributed by atoms with van der Waals surface area (Å²) in [7, 11) is 0. The van der Waals surface area contributed by atoms with E-state index < -0.39 is 0 Å². The van der Waals surface area contributed by atoms with Gasteiger partial charge in [0.25, 0.3) is 0 Å². The molecule has 1 amide bonds. The highest BCUT2D eigenvalue weighted by Crippen LogP contribution is 2.22.